The molecular formula is C14H20N2O4. The molecule has 2 aliphatic heterocycles. The number of fused-ring (bicyclic) bond motifs is 1. The van der Waals surface area contributed by atoms with Crippen molar-refractivity contribution in [1.82, 2.24) is 0 Å². The molecule has 6 heteroatoms. The normalized spacial score (nSPS) is 35.0. The Morgan fingerprint density at radius 3 is 1.70 bits per heavy atom. The third kappa shape index (κ3) is 3.47. The van der Waals surface area contributed by atoms with E-state index < -0.39 is 0 Å². The first-order valence-corrected chi connectivity index (χ1v) is 6.93. The van der Waals surface area contributed by atoms with Gasteiger partial charge in [-0.15, -0.1) is 0 Å². The molecule has 0 saturated carbocycles. The maximum absolute atomic E-state index is 8.65. The molecule has 2 aliphatic rings. The predicted molar refractivity (Wildman–Crippen MR) is 68.6 cm³/mol. The van der Waals surface area contributed by atoms with Gasteiger partial charge in [-0.2, -0.15) is 10.5 Å². The van der Waals surface area contributed by atoms with Crippen molar-refractivity contribution in [2.75, 3.05) is 13.2 Å². The summed E-state index contributed by atoms with van der Waals surface area (Å²) in [5.41, 5.74) is 0. The molecular weight excluding hydrogens is 260 g/mol. The summed E-state index contributed by atoms with van der Waals surface area (Å²) in [6, 6.07) is 4.18. The van der Waals surface area contributed by atoms with Gasteiger partial charge in [-0.3, -0.25) is 0 Å². The minimum Gasteiger partial charge on any atom is -0.370 e. The lowest BCUT2D eigenvalue weighted by molar-refractivity contribution is -0.0793. The lowest BCUT2D eigenvalue weighted by atomic mass is 10.1. The summed E-state index contributed by atoms with van der Waals surface area (Å²) < 4.78 is 23.0. The minimum atomic E-state index is -0.150. The number of nitriles is 2. The van der Waals surface area contributed by atoms with Crippen LogP contribution in [-0.2, 0) is 18.9 Å². The highest BCUT2D eigenvalue weighted by Gasteiger charge is 2.49. The van der Waals surface area contributed by atoms with Gasteiger partial charge in [-0.1, -0.05) is 0 Å². The second kappa shape index (κ2) is 7.01. The molecule has 2 saturated heterocycles. The largest absolute Gasteiger partial charge is 0.370 e. The van der Waals surface area contributed by atoms with Crippen molar-refractivity contribution in [3.05, 3.63) is 0 Å². The van der Waals surface area contributed by atoms with Crippen LogP contribution >= 0.6 is 0 Å². The van der Waals surface area contributed by atoms with Crippen molar-refractivity contribution < 1.29 is 18.9 Å². The van der Waals surface area contributed by atoms with Crippen LogP contribution in [0.1, 0.15) is 26.7 Å². The van der Waals surface area contributed by atoms with Crippen LogP contribution in [0.25, 0.3) is 0 Å². The van der Waals surface area contributed by atoms with Crippen molar-refractivity contribution in [3.63, 3.8) is 0 Å². The molecule has 4 unspecified atom stereocenters. The molecule has 0 radical (unpaired) electrons. The molecule has 0 bridgehead atoms. The van der Waals surface area contributed by atoms with E-state index in [1.165, 1.54) is 0 Å². The fourth-order valence-corrected chi connectivity index (χ4v) is 2.61. The first kappa shape index (κ1) is 15.2. The van der Waals surface area contributed by atoms with E-state index in [1.807, 2.05) is 13.8 Å². The Kier molecular flexibility index (Phi) is 5.33. The molecule has 0 aromatic rings. The van der Waals surface area contributed by atoms with Gasteiger partial charge in [0.05, 0.1) is 50.4 Å². The van der Waals surface area contributed by atoms with Crippen LogP contribution < -0.4 is 0 Å². The number of hydrogen-bond donors (Lipinski definition) is 0. The number of nitrogens with zero attached hydrogens (tertiary/aromatic N) is 2. The maximum atomic E-state index is 8.65. The van der Waals surface area contributed by atoms with E-state index in [4.69, 9.17) is 29.5 Å². The highest BCUT2D eigenvalue weighted by atomic mass is 16.6. The zero-order chi connectivity index (χ0) is 14.5. The molecule has 0 aliphatic carbocycles. The molecule has 0 N–H and O–H groups in total. The Morgan fingerprint density at radius 1 is 0.950 bits per heavy atom. The SMILES string of the molecule is CC(CC#N)O[C@H]1COC2C1OC[C@@H]2OC(C)CC#N. The van der Waals surface area contributed by atoms with E-state index in [9.17, 15) is 0 Å². The zero-order valence-corrected chi connectivity index (χ0v) is 11.8. The Labute approximate surface area is 119 Å². The lowest BCUT2D eigenvalue weighted by Gasteiger charge is -2.20. The summed E-state index contributed by atoms with van der Waals surface area (Å²) in [7, 11) is 0. The van der Waals surface area contributed by atoms with Crippen molar-refractivity contribution >= 4 is 0 Å². The number of rotatable bonds is 6. The molecule has 0 aromatic carbocycles. The van der Waals surface area contributed by atoms with Gasteiger partial charge in [0.1, 0.15) is 24.4 Å². The smallest absolute Gasteiger partial charge is 0.115 e. The van der Waals surface area contributed by atoms with Gasteiger partial charge in [0.15, 0.2) is 0 Å². The first-order chi connectivity index (χ1) is 9.65. The van der Waals surface area contributed by atoms with E-state index in [0.29, 0.717) is 26.1 Å². The Bertz CT molecular complexity index is 365. The summed E-state index contributed by atoms with van der Waals surface area (Å²) in [6.45, 7) is 4.65. The Hall–Kier alpha value is -1.18. The fourth-order valence-electron chi connectivity index (χ4n) is 2.61. The van der Waals surface area contributed by atoms with Crippen LogP contribution in [-0.4, -0.2) is 49.8 Å². The molecule has 2 rings (SSSR count). The van der Waals surface area contributed by atoms with E-state index in [1.54, 1.807) is 0 Å². The van der Waals surface area contributed by atoms with Gasteiger partial charge >= 0.3 is 0 Å². The Morgan fingerprint density at radius 2 is 1.35 bits per heavy atom. The molecule has 0 aromatic heterocycles. The zero-order valence-electron chi connectivity index (χ0n) is 11.8. The van der Waals surface area contributed by atoms with Gasteiger partial charge in [-0.05, 0) is 13.8 Å². The molecule has 0 amide bonds. The highest BCUT2D eigenvalue weighted by molar-refractivity contribution is 4.97. The fraction of sp³-hybridized carbons (Fsp3) is 0.857. The van der Waals surface area contributed by atoms with Gasteiger partial charge in [0, 0.05) is 0 Å². The summed E-state index contributed by atoms with van der Waals surface area (Å²) >= 11 is 0. The summed E-state index contributed by atoms with van der Waals surface area (Å²) in [6.07, 6.45) is -0.140. The van der Waals surface area contributed by atoms with Gasteiger partial charge in [-0.25, -0.2) is 0 Å². The highest BCUT2D eigenvalue weighted by Crippen LogP contribution is 2.32. The van der Waals surface area contributed by atoms with E-state index in [0.717, 1.165) is 0 Å². The quantitative estimate of drug-likeness (QED) is 0.726. The van der Waals surface area contributed by atoms with Crippen molar-refractivity contribution in [1.29, 1.82) is 10.5 Å². The Balaban J connectivity index is 1.85. The van der Waals surface area contributed by atoms with Crippen LogP contribution in [0.5, 0.6) is 0 Å². The number of hydrogen-bond acceptors (Lipinski definition) is 6. The van der Waals surface area contributed by atoms with Crippen LogP contribution in [0.2, 0.25) is 0 Å². The summed E-state index contributed by atoms with van der Waals surface area (Å²) in [5, 5.41) is 17.3. The van der Waals surface area contributed by atoms with Crippen LogP contribution in [0, 0.1) is 22.7 Å². The topological polar surface area (TPSA) is 84.5 Å². The van der Waals surface area contributed by atoms with Crippen molar-refractivity contribution in [2.45, 2.75) is 63.3 Å². The average molecular weight is 280 g/mol. The predicted octanol–water partition coefficient (Wildman–Crippen LogP) is 1.16. The summed E-state index contributed by atoms with van der Waals surface area (Å²) in [5.74, 6) is 0. The van der Waals surface area contributed by atoms with E-state index in [2.05, 4.69) is 12.1 Å². The van der Waals surface area contributed by atoms with Gasteiger partial charge < -0.3 is 18.9 Å². The second-order valence-corrected chi connectivity index (χ2v) is 5.29. The third-order valence-electron chi connectivity index (χ3n) is 3.53. The van der Waals surface area contributed by atoms with Crippen LogP contribution in [0.3, 0.4) is 0 Å². The maximum Gasteiger partial charge on any atom is 0.115 e. The van der Waals surface area contributed by atoms with Crippen LogP contribution in [0.4, 0.5) is 0 Å². The van der Waals surface area contributed by atoms with E-state index in [-0.39, 0.29) is 36.6 Å². The molecule has 2 heterocycles. The van der Waals surface area contributed by atoms with Crippen molar-refractivity contribution in [3.8, 4) is 12.1 Å². The molecule has 2 fully saturated rings. The van der Waals surface area contributed by atoms with Gasteiger partial charge in [0.2, 0.25) is 0 Å². The average Bonchev–Trinajstić information content (AvgIpc) is 2.95. The van der Waals surface area contributed by atoms with E-state index >= 15 is 0 Å². The van der Waals surface area contributed by atoms with Crippen molar-refractivity contribution in [2.24, 2.45) is 0 Å². The molecule has 6 atom stereocenters. The standard InChI is InChI=1S/C14H20N2O4/c1-9(3-5-15)19-11-7-17-14-12(8-18-13(11)14)20-10(2)4-6-16/h9-14H,3-4,7-8H2,1-2H3/t9?,10?,11-,12-,13?,14?/m0/s1. The monoisotopic (exact) mass is 280 g/mol. The molecule has 110 valence electrons. The van der Waals surface area contributed by atoms with Crippen LogP contribution in [0.15, 0.2) is 0 Å². The lowest BCUT2D eigenvalue weighted by Crippen LogP contribution is -2.36. The molecule has 0 spiro atoms. The second-order valence-electron chi connectivity index (χ2n) is 5.29. The number of ether oxygens (including phenoxy) is 4. The molecule has 6 nitrogen and oxygen atoms in total. The summed E-state index contributed by atoms with van der Waals surface area (Å²) in [4.78, 5) is 0. The minimum absolute atomic E-state index is 0.131. The third-order valence-corrected chi connectivity index (χ3v) is 3.53. The first-order valence-electron chi connectivity index (χ1n) is 6.93. The molecule has 20 heavy (non-hydrogen) atoms. The van der Waals surface area contributed by atoms with Gasteiger partial charge in [0.25, 0.3) is 0 Å².